The molecule has 1 saturated heterocycles. The minimum atomic E-state index is -0.828. The molecule has 0 aromatic carbocycles. The van der Waals surface area contributed by atoms with E-state index in [9.17, 15) is 9.59 Å². The zero-order valence-electron chi connectivity index (χ0n) is 11.6. The zero-order valence-corrected chi connectivity index (χ0v) is 11.6. The van der Waals surface area contributed by atoms with Gasteiger partial charge in [-0.15, -0.1) is 0 Å². The highest BCUT2D eigenvalue weighted by Gasteiger charge is 2.24. The molecule has 6 heteroatoms. The number of carboxylic acids is 1. The van der Waals surface area contributed by atoms with Crippen LogP contribution in [0.5, 0.6) is 0 Å². The van der Waals surface area contributed by atoms with E-state index in [1.54, 1.807) is 0 Å². The summed E-state index contributed by atoms with van der Waals surface area (Å²) in [6, 6.07) is -0.233. The van der Waals surface area contributed by atoms with Crippen LogP contribution in [0.4, 0.5) is 4.79 Å². The summed E-state index contributed by atoms with van der Waals surface area (Å²) in [6.45, 7) is 5.68. The monoisotopic (exact) mass is 272 g/mol. The van der Waals surface area contributed by atoms with Crippen molar-refractivity contribution in [3.63, 3.8) is 0 Å². The predicted molar refractivity (Wildman–Crippen MR) is 71.0 cm³/mol. The largest absolute Gasteiger partial charge is 0.481 e. The van der Waals surface area contributed by atoms with Gasteiger partial charge in [-0.25, -0.2) is 4.79 Å². The van der Waals surface area contributed by atoms with Gasteiger partial charge in [-0.1, -0.05) is 13.3 Å². The molecule has 0 aromatic rings. The minimum Gasteiger partial charge on any atom is -0.481 e. The van der Waals surface area contributed by atoms with Crippen molar-refractivity contribution in [2.24, 2.45) is 11.8 Å². The summed E-state index contributed by atoms with van der Waals surface area (Å²) in [5.41, 5.74) is 0. The second kappa shape index (κ2) is 7.99. The van der Waals surface area contributed by atoms with E-state index in [0.29, 0.717) is 19.0 Å². The highest BCUT2D eigenvalue weighted by Crippen LogP contribution is 2.19. The van der Waals surface area contributed by atoms with Crippen LogP contribution in [0, 0.1) is 11.8 Å². The fourth-order valence-corrected chi connectivity index (χ4v) is 2.18. The Morgan fingerprint density at radius 1 is 1.42 bits per heavy atom. The number of aliphatic carboxylic acids is 1. The van der Waals surface area contributed by atoms with Gasteiger partial charge in [0.1, 0.15) is 0 Å². The molecular weight excluding hydrogens is 248 g/mol. The van der Waals surface area contributed by atoms with E-state index in [1.807, 2.05) is 13.8 Å². The van der Waals surface area contributed by atoms with Crippen LogP contribution in [0.2, 0.25) is 0 Å². The van der Waals surface area contributed by atoms with Crippen LogP contribution in [0.1, 0.15) is 33.1 Å². The van der Waals surface area contributed by atoms with Crippen molar-refractivity contribution in [2.45, 2.75) is 39.2 Å². The highest BCUT2D eigenvalue weighted by atomic mass is 16.5. The molecule has 3 atom stereocenters. The van der Waals surface area contributed by atoms with E-state index < -0.39 is 5.97 Å². The molecule has 1 aliphatic heterocycles. The van der Waals surface area contributed by atoms with Gasteiger partial charge in [0.2, 0.25) is 0 Å². The number of ether oxygens (including phenoxy) is 1. The molecule has 6 nitrogen and oxygen atoms in total. The lowest BCUT2D eigenvalue weighted by molar-refractivity contribution is -0.138. The van der Waals surface area contributed by atoms with E-state index in [2.05, 4.69) is 10.6 Å². The van der Waals surface area contributed by atoms with E-state index in [4.69, 9.17) is 9.84 Å². The van der Waals surface area contributed by atoms with Crippen molar-refractivity contribution in [1.29, 1.82) is 0 Å². The third-order valence-electron chi connectivity index (χ3n) is 3.65. The summed E-state index contributed by atoms with van der Waals surface area (Å²) in [7, 11) is 0. The molecule has 0 spiro atoms. The number of hydrogen-bond donors (Lipinski definition) is 3. The average Bonchev–Trinajstić information content (AvgIpc) is 2.77. The summed E-state index contributed by atoms with van der Waals surface area (Å²) >= 11 is 0. The summed E-state index contributed by atoms with van der Waals surface area (Å²) in [4.78, 5) is 22.2. The van der Waals surface area contributed by atoms with E-state index in [-0.39, 0.29) is 24.5 Å². The van der Waals surface area contributed by atoms with Gasteiger partial charge in [0.25, 0.3) is 0 Å². The Balaban J connectivity index is 2.17. The van der Waals surface area contributed by atoms with Crippen LogP contribution in [-0.2, 0) is 9.53 Å². The van der Waals surface area contributed by atoms with Crippen LogP contribution in [-0.4, -0.2) is 42.9 Å². The standard InChI is InChI=1S/C13H24N2O4/c1-3-10(6-12(16)17)7-14-13(18)15-8-11-4-5-19-9(11)2/h9-11H,3-8H2,1-2H3,(H,16,17)(H2,14,15,18). The third kappa shape index (κ3) is 5.92. The van der Waals surface area contributed by atoms with E-state index in [1.165, 1.54) is 0 Å². The van der Waals surface area contributed by atoms with Gasteiger partial charge in [-0.05, 0) is 19.3 Å². The summed E-state index contributed by atoms with van der Waals surface area (Å²) < 4.78 is 5.42. The molecule has 0 bridgehead atoms. The lowest BCUT2D eigenvalue weighted by Gasteiger charge is -2.17. The summed E-state index contributed by atoms with van der Waals surface area (Å²) in [6.07, 6.45) is 1.98. The van der Waals surface area contributed by atoms with Crippen LogP contribution < -0.4 is 10.6 Å². The van der Waals surface area contributed by atoms with Crippen LogP contribution in [0.3, 0.4) is 0 Å². The van der Waals surface area contributed by atoms with Crippen molar-refractivity contribution >= 4 is 12.0 Å². The first-order valence-electron chi connectivity index (χ1n) is 6.88. The molecule has 110 valence electrons. The van der Waals surface area contributed by atoms with Gasteiger partial charge in [0.15, 0.2) is 0 Å². The first-order valence-corrected chi connectivity index (χ1v) is 6.88. The zero-order chi connectivity index (χ0) is 14.3. The number of nitrogens with one attached hydrogen (secondary N) is 2. The molecule has 0 radical (unpaired) electrons. The third-order valence-corrected chi connectivity index (χ3v) is 3.65. The Hall–Kier alpha value is -1.30. The van der Waals surface area contributed by atoms with Gasteiger partial charge in [-0.3, -0.25) is 4.79 Å². The van der Waals surface area contributed by atoms with Gasteiger partial charge in [0, 0.05) is 32.0 Å². The SMILES string of the molecule is CCC(CNC(=O)NCC1CCOC1C)CC(=O)O. The van der Waals surface area contributed by atoms with Gasteiger partial charge >= 0.3 is 12.0 Å². The first-order chi connectivity index (χ1) is 9.02. The smallest absolute Gasteiger partial charge is 0.314 e. The molecule has 0 aliphatic carbocycles. The molecular formula is C13H24N2O4. The Labute approximate surface area is 113 Å². The maximum absolute atomic E-state index is 11.6. The number of urea groups is 1. The fraction of sp³-hybridized carbons (Fsp3) is 0.846. The number of carbonyl (C=O) groups is 2. The fourth-order valence-electron chi connectivity index (χ4n) is 2.18. The van der Waals surface area contributed by atoms with Crippen LogP contribution in [0.15, 0.2) is 0 Å². The Morgan fingerprint density at radius 3 is 2.68 bits per heavy atom. The first kappa shape index (κ1) is 15.8. The molecule has 1 fully saturated rings. The van der Waals surface area contributed by atoms with Crippen molar-refractivity contribution in [2.75, 3.05) is 19.7 Å². The van der Waals surface area contributed by atoms with Gasteiger partial charge in [-0.2, -0.15) is 0 Å². The number of hydrogen-bond acceptors (Lipinski definition) is 3. The number of rotatable bonds is 7. The normalized spacial score (nSPS) is 23.9. The Morgan fingerprint density at radius 2 is 2.16 bits per heavy atom. The quantitative estimate of drug-likeness (QED) is 0.650. The molecule has 1 rings (SSSR count). The molecule has 2 amide bonds. The molecule has 3 unspecified atom stereocenters. The molecule has 0 aromatic heterocycles. The van der Waals surface area contributed by atoms with Crippen molar-refractivity contribution in [3.8, 4) is 0 Å². The Kier molecular flexibility index (Phi) is 6.62. The lowest BCUT2D eigenvalue weighted by atomic mass is 10.0. The molecule has 0 saturated carbocycles. The minimum absolute atomic E-state index is 0.0167. The highest BCUT2D eigenvalue weighted by molar-refractivity contribution is 5.74. The lowest BCUT2D eigenvalue weighted by Crippen LogP contribution is -2.41. The number of carboxylic acid groups (broad SMARTS) is 1. The topological polar surface area (TPSA) is 87.7 Å². The number of amides is 2. The summed E-state index contributed by atoms with van der Waals surface area (Å²) in [5.74, 6) is -0.477. The average molecular weight is 272 g/mol. The van der Waals surface area contributed by atoms with Gasteiger partial charge < -0.3 is 20.5 Å². The van der Waals surface area contributed by atoms with Crippen molar-refractivity contribution < 1.29 is 19.4 Å². The van der Waals surface area contributed by atoms with Crippen molar-refractivity contribution in [1.82, 2.24) is 10.6 Å². The second-order valence-corrected chi connectivity index (χ2v) is 5.09. The van der Waals surface area contributed by atoms with Crippen LogP contribution in [0.25, 0.3) is 0 Å². The molecule has 1 heterocycles. The molecule has 1 aliphatic rings. The molecule has 3 N–H and O–H groups in total. The van der Waals surface area contributed by atoms with E-state index in [0.717, 1.165) is 19.4 Å². The second-order valence-electron chi connectivity index (χ2n) is 5.09. The van der Waals surface area contributed by atoms with Crippen LogP contribution >= 0.6 is 0 Å². The predicted octanol–water partition coefficient (Wildman–Crippen LogP) is 1.21. The number of carbonyl (C=O) groups excluding carboxylic acids is 1. The molecule has 19 heavy (non-hydrogen) atoms. The summed E-state index contributed by atoms with van der Waals surface area (Å²) in [5, 5.41) is 14.2. The van der Waals surface area contributed by atoms with Crippen molar-refractivity contribution in [3.05, 3.63) is 0 Å². The van der Waals surface area contributed by atoms with Gasteiger partial charge in [0.05, 0.1) is 6.10 Å². The van der Waals surface area contributed by atoms with E-state index >= 15 is 0 Å². The maximum atomic E-state index is 11.6. The Bertz CT molecular complexity index is 309. The maximum Gasteiger partial charge on any atom is 0.314 e.